The van der Waals surface area contributed by atoms with Gasteiger partial charge in [-0.25, -0.2) is 0 Å². The van der Waals surface area contributed by atoms with Crippen LogP contribution in [0.25, 0.3) is 0 Å². The van der Waals surface area contributed by atoms with Crippen LogP contribution in [0.3, 0.4) is 0 Å². The van der Waals surface area contributed by atoms with Crippen molar-refractivity contribution in [1.29, 1.82) is 0 Å². The molecule has 2 saturated heterocycles. The number of carbonyl (C=O) groups is 4. The molecule has 0 aromatic rings. The highest BCUT2D eigenvalue weighted by atomic mass is 16.5. The normalized spacial score (nSPS) is 19.9. The molecular weight excluding hydrogens is 420 g/mol. The number of methoxy groups -OCH3 is 1. The second-order valence-electron chi connectivity index (χ2n) is 7.58. The zero-order valence-electron chi connectivity index (χ0n) is 19.7. The first-order valence-electron chi connectivity index (χ1n) is 10.6. The lowest BCUT2D eigenvalue weighted by Crippen LogP contribution is -2.41. The summed E-state index contributed by atoms with van der Waals surface area (Å²) in [7, 11) is 5.75. The summed E-state index contributed by atoms with van der Waals surface area (Å²) >= 11 is 0. The minimum Gasteiger partial charge on any atom is -0.469 e. The Morgan fingerprint density at radius 3 is 1.84 bits per heavy atom. The molecule has 0 aliphatic carbocycles. The van der Waals surface area contributed by atoms with Gasteiger partial charge in [-0.2, -0.15) is 0 Å². The quantitative estimate of drug-likeness (QED) is 0.262. The summed E-state index contributed by atoms with van der Waals surface area (Å²) < 4.78 is 4.51. The summed E-state index contributed by atoms with van der Waals surface area (Å²) in [6.07, 6.45) is 0.612. The molecule has 2 aliphatic heterocycles. The maximum atomic E-state index is 11.9. The Bertz CT molecular complexity index is 599. The topological polar surface area (TPSA) is 172 Å². The average molecular weight is 461 g/mol. The summed E-state index contributed by atoms with van der Waals surface area (Å²) in [4.78, 5) is 50.3. The van der Waals surface area contributed by atoms with Crippen molar-refractivity contribution >= 4 is 23.7 Å². The Kier molecular flexibility index (Phi) is 15.2. The van der Waals surface area contributed by atoms with Crippen molar-refractivity contribution in [2.75, 3.05) is 80.7 Å². The summed E-state index contributed by atoms with van der Waals surface area (Å²) in [5.41, 5.74) is 11.0. The van der Waals surface area contributed by atoms with Gasteiger partial charge in [-0.15, -0.1) is 0 Å². The van der Waals surface area contributed by atoms with E-state index in [9.17, 15) is 19.2 Å². The molecule has 0 aromatic heterocycles. The number of esters is 1. The summed E-state index contributed by atoms with van der Waals surface area (Å²) in [5.74, 6) is -0.748. The Morgan fingerprint density at radius 1 is 1.00 bits per heavy atom. The highest BCUT2D eigenvalue weighted by molar-refractivity contribution is 5.89. The summed E-state index contributed by atoms with van der Waals surface area (Å²) in [6, 6.07) is 0. The van der Waals surface area contributed by atoms with Crippen molar-refractivity contribution in [1.82, 2.24) is 20.0 Å². The third-order valence-electron chi connectivity index (χ3n) is 5.21. The Labute approximate surface area is 190 Å². The highest BCUT2D eigenvalue weighted by Crippen LogP contribution is 2.17. The van der Waals surface area contributed by atoms with Gasteiger partial charge in [0.15, 0.2) is 0 Å². The lowest BCUT2D eigenvalue weighted by Gasteiger charge is -2.21. The van der Waals surface area contributed by atoms with Gasteiger partial charge >= 0.3 is 5.97 Å². The molecule has 2 heterocycles. The molecule has 12 nitrogen and oxygen atoms in total. The zero-order chi connectivity index (χ0) is 24.7. The molecule has 2 unspecified atom stereocenters. The molecule has 32 heavy (non-hydrogen) atoms. The number of likely N-dealkylation sites (tertiary alicyclic amines) is 2. The molecule has 2 atom stereocenters. The lowest BCUT2D eigenvalue weighted by atomic mass is 10.1. The molecule has 2 fully saturated rings. The Morgan fingerprint density at radius 2 is 1.47 bits per heavy atom. The Hall–Kier alpha value is -2.28. The molecule has 2 rings (SSSR count). The van der Waals surface area contributed by atoms with Gasteiger partial charge in [-0.1, -0.05) is 0 Å². The second-order valence-corrected chi connectivity index (χ2v) is 7.58. The molecule has 6 N–H and O–H groups in total. The van der Waals surface area contributed by atoms with Gasteiger partial charge in [0, 0.05) is 86.4 Å². The van der Waals surface area contributed by atoms with E-state index in [1.807, 2.05) is 0 Å². The number of carbonyl (C=O) groups excluding carboxylic acids is 4. The number of hydrogen-bond donors (Lipinski definition) is 4. The monoisotopic (exact) mass is 460 g/mol. The lowest BCUT2D eigenvalue weighted by molar-refractivity contribution is -0.145. The van der Waals surface area contributed by atoms with Crippen LogP contribution in [0.15, 0.2) is 0 Å². The van der Waals surface area contributed by atoms with E-state index in [0.29, 0.717) is 45.6 Å². The highest BCUT2D eigenvalue weighted by Gasteiger charge is 2.33. The standard InChI is InChI=1S/C12H25N5O2.C7H11NO3.CH4O/c1-16-9-10(8-11(16)18)12(19)15-4-7-17(5-2-13)6-3-14;1-8-4-5(3-6(8)9)7(10)11-2;1-2/h10H,2-9,13-14H2,1H3,(H,15,19);5H,3-4H2,1-2H3;2H,1H3. The SMILES string of the molecule is CN1CC(C(=O)NCCN(CCN)CCN)CC1=O.CO.COC(=O)C1CC(=O)N(C)C1. The predicted molar refractivity (Wildman–Crippen MR) is 119 cm³/mol. The van der Waals surface area contributed by atoms with Gasteiger partial charge in [0.05, 0.1) is 18.9 Å². The van der Waals surface area contributed by atoms with Crippen LogP contribution in [-0.4, -0.2) is 124 Å². The third kappa shape index (κ3) is 10.4. The average Bonchev–Trinajstić information content (AvgIpc) is 3.30. The van der Waals surface area contributed by atoms with E-state index in [0.717, 1.165) is 26.7 Å². The molecule has 3 amide bonds. The van der Waals surface area contributed by atoms with E-state index in [4.69, 9.17) is 16.6 Å². The number of nitrogens with two attached hydrogens (primary N) is 2. The van der Waals surface area contributed by atoms with Crippen LogP contribution < -0.4 is 16.8 Å². The van der Waals surface area contributed by atoms with E-state index in [2.05, 4.69) is 15.0 Å². The maximum absolute atomic E-state index is 11.9. The van der Waals surface area contributed by atoms with Gasteiger partial charge in [-0.3, -0.25) is 24.1 Å². The number of aliphatic hydroxyl groups excluding tert-OH is 1. The van der Waals surface area contributed by atoms with Gasteiger partial charge < -0.3 is 36.4 Å². The molecule has 12 heteroatoms. The molecular formula is C20H40N6O6. The van der Waals surface area contributed by atoms with Crippen molar-refractivity contribution < 1.29 is 29.0 Å². The molecule has 0 bridgehead atoms. The number of rotatable bonds is 9. The zero-order valence-corrected chi connectivity index (χ0v) is 19.7. The van der Waals surface area contributed by atoms with Gasteiger partial charge in [0.1, 0.15) is 0 Å². The number of nitrogens with one attached hydrogen (secondary N) is 1. The molecule has 186 valence electrons. The fourth-order valence-electron chi connectivity index (χ4n) is 3.41. The van der Waals surface area contributed by atoms with Crippen LogP contribution >= 0.6 is 0 Å². The minimum absolute atomic E-state index is 0.0143. The molecule has 0 saturated carbocycles. The van der Waals surface area contributed by atoms with Gasteiger partial charge in [-0.05, 0) is 0 Å². The summed E-state index contributed by atoms with van der Waals surface area (Å²) in [5, 5.41) is 9.87. The number of ether oxygens (including phenoxy) is 1. The largest absolute Gasteiger partial charge is 0.469 e. The first kappa shape index (κ1) is 29.7. The van der Waals surface area contributed by atoms with Crippen molar-refractivity contribution in [3.8, 4) is 0 Å². The van der Waals surface area contributed by atoms with E-state index < -0.39 is 0 Å². The van der Waals surface area contributed by atoms with Gasteiger partial charge in [0.25, 0.3) is 0 Å². The van der Waals surface area contributed by atoms with Crippen LogP contribution in [-0.2, 0) is 23.9 Å². The van der Waals surface area contributed by atoms with E-state index in [1.54, 1.807) is 23.9 Å². The van der Waals surface area contributed by atoms with Crippen molar-refractivity contribution in [3.63, 3.8) is 0 Å². The van der Waals surface area contributed by atoms with Crippen LogP contribution in [0, 0.1) is 11.8 Å². The fraction of sp³-hybridized carbons (Fsp3) is 0.800. The van der Waals surface area contributed by atoms with Gasteiger partial charge in [0.2, 0.25) is 17.7 Å². The molecule has 0 radical (unpaired) electrons. The number of nitrogens with zero attached hydrogens (tertiary/aromatic N) is 3. The van der Waals surface area contributed by atoms with E-state index in [1.165, 1.54) is 7.11 Å². The van der Waals surface area contributed by atoms with E-state index >= 15 is 0 Å². The van der Waals surface area contributed by atoms with Crippen molar-refractivity contribution in [3.05, 3.63) is 0 Å². The fourth-order valence-corrected chi connectivity index (χ4v) is 3.41. The van der Waals surface area contributed by atoms with Crippen molar-refractivity contribution in [2.45, 2.75) is 12.8 Å². The van der Waals surface area contributed by atoms with Crippen LogP contribution in [0.4, 0.5) is 0 Å². The first-order valence-corrected chi connectivity index (χ1v) is 10.6. The maximum Gasteiger partial charge on any atom is 0.310 e. The summed E-state index contributed by atoms with van der Waals surface area (Å²) in [6.45, 7) is 5.01. The first-order chi connectivity index (χ1) is 15.2. The number of hydrogen-bond acceptors (Lipinski definition) is 9. The third-order valence-corrected chi connectivity index (χ3v) is 5.21. The minimum atomic E-state index is -0.289. The smallest absolute Gasteiger partial charge is 0.310 e. The number of amides is 3. The molecule has 0 spiro atoms. The molecule has 2 aliphatic rings. The van der Waals surface area contributed by atoms with Crippen molar-refractivity contribution in [2.24, 2.45) is 23.3 Å². The number of aliphatic hydroxyl groups is 1. The predicted octanol–water partition coefficient (Wildman–Crippen LogP) is -2.95. The van der Waals surface area contributed by atoms with Crippen LogP contribution in [0.1, 0.15) is 12.8 Å². The van der Waals surface area contributed by atoms with E-state index in [-0.39, 0.29) is 35.5 Å². The van der Waals surface area contributed by atoms with Crippen LogP contribution in [0.2, 0.25) is 0 Å². The molecule has 0 aromatic carbocycles. The van der Waals surface area contributed by atoms with Crippen LogP contribution in [0.5, 0.6) is 0 Å². The Balaban J connectivity index is 0.000000626. The second kappa shape index (κ2) is 16.4.